The molecule has 0 aliphatic heterocycles. The van der Waals surface area contributed by atoms with Gasteiger partial charge in [-0.15, -0.1) is 0 Å². The van der Waals surface area contributed by atoms with E-state index in [-0.39, 0.29) is 0 Å². The second kappa shape index (κ2) is 5.30. The second-order valence-corrected chi connectivity index (χ2v) is 4.43. The number of hydrogen-bond acceptors (Lipinski definition) is 4. The van der Waals surface area contributed by atoms with Gasteiger partial charge in [0.15, 0.2) is 0 Å². The lowest BCUT2D eigenvalue weighted by Crippen LogP contribution is -2.01. The molecule has 6 heteroatoms. The molecule has 0 bridgehead atoms. The van der Waals surface area contributed by atoms with E-state index in [1.165, 1.54) is 12.4 Å². The molecule has 1 aromatic carbocycles. The first kappa shape index (κ1) is 12.8. The number of rotatable bonds is 3. The van der Waals surface area contributed by atoms with Crippen molar-refractivity contribution in [3.8, 4) is 11.6 Å². The van der Waals surface area contributed by atoms with E-state index in [2.05, 4.69) is 25.9 Å². The fraction of sp³-hybridized carbons (Fsp3) is 0.167. The number of aromatic nitrogens is 2. The van der Waals surface area contributed by atoms with Crippen molar-refractivity contribution in [3.63, 3.8) is 0 Å². The summed E-state index contributed by atoms with van der Waals surface area (Å²) in [4.78, 5) is 7.90. The lowest BCUT2D eigenvalue weighted by Gasteiger charge is -2.10. The van der Waals surface area contributed by atoms with Crippen molar-refractivity contribution in [2.24, 2.45) is 0 Å². The maximum atomic E-state index is 13.4. The molecule has 2 aromatic rings. The van der Waals surface area contributed by atoms with Crippen LogP contribution in [0.25, 0.3) is 0 Å². The summed E-state index contributed by atoms with van der Waals surface area (Å²) in [5.41, 5.74) is 6.44. The number of halogens is 2. The van der Waals surface area contributed by atoms with Crippen molar-refractivity contribution < 1.29 is 9.13 Å². The van der Waals surface area contributed by atoms with Crippen molar-refractivity contribution in [2.45, 2.75) is 13.3 Å². The van der Waals surface area contributed by atoms with E-state index in [0.29, 0.717) is 33.9 Å². The SMILES string of the molecule is CCc1c(N)ncnc1Oc1ccc(Br)c(F)c1. The number of nitrogens with two attached hydrogens (primary N) is 1. The van der Waals surface area contributed by atoms with Crippen molar-refractivity contribution in [3.05, 3.63) is 40.4 Å². The molecule has 0 spiro atoms. The Morgan fingerprint density at radius 3 is 2.83 bits per heavy atom. The molecule has 0 radical (unpaired) electrons. The van der Waals surface area contributed by atoms with Gasteiger partial charge in [-0.3, -0.25) is 0 Å². The van der Waals surface area contributed by atoms with Gasteiger partial charge < -0.3 is 10.5 Å². The first-order chi connectivity index (χ1) is 8.61. The predicted molar refractivity (Wildman–Crippen MR) is 70.0 cm³/mol. The average Bonchev–Trinajstić information content (AvgIpc) is 2.34. The minimum atomic E-state index is -0.396. The second-order valence-electron chi connectivity index (χ2n) is 3.57. The van der Waals surface area contributed by atoms with Crippen molar-refractivity contribution >= 4 is 21.7 Å². The van der Waals surface area contributed by atoms with Crippen molar-refractivity contribution in [2.75, 3.05) is 5.73 Å². The molecule has 0 saturated heterocycles. The normalized spacial score (nSPS) is 10.4. The van der Waals surface area contributed by atoms with Gasteiger partial charge in [-0.25, -0.2) is 14.4 Å². The molecule has 0 atom stereocenters. The Balaban J connectivity index is 2.34. The van der Waals surface area contributed by atoms with Crippen LogP contribution in [0.15, 0.2) is 29.0 Å². The summed E-state index contributed by atoms with van der Waals surface area (Å²) in [5.74, 6) is 0.697. The van der Waals surface area contributed by atoms with Crippen molar-refractivity contribution in [1.29, 1.82) is 0 Å². The van der Waals surface area contributed by atoms with Crippen LogP contribution in [0.2, 0.25) is 0 Å². The summed E-state index contributed by atoms with van der Waals surface area (Å²) in [5, 5.41) is 0. The van der Waals surface area contributed by atoms with Gasteiger partial charge in [0.2, 0.25) is 5.88 Å². The molecule has 18 heavy (non-hydrogen) atoms. The Morgan fingerprint density at radius 1 is 1.39 bits per heavy atom. The summed E-state index contributed by atoms with van der Waals surface area (Å²) in [6.45, 7) is 1.92. The number of anilines is 1. The standard InChI is InChI=1S/C12H11BrFN3O/c1-2-8-11(15)16-6-17-12(8)18-7-3-4-9(13)10(14)5-7/h3-6H,2H2,1H3,(H2,15,16,17). The predicted octanol–water partition coefficient (Wildman–Crippen LogP) is 3.32. The highest BCUT2D eigenvalue weighted by Crippen LogP contribution is 2.28. The van der Waals surface area contributed by atoms with Crippen LogP contribution in [0.3, 0.4) is 0 Å². The van der Waals surface area contributed by atoms with Gasteiger partial charge in [0.1, 0.15) is 23.7 Å². The number of ether oxygens (including phenoxy) is 1. The van der Waals surface area contributed by atoms with E-state index < -0.39 is 5.82 Å². The molecular weight excluding hydrogens is 301 g/mol. The Bertz CT molecular complexity index is 577. The summed E-state index contributed by atoms with van der Waals surface area (Å²) in [6, 6.07) is 4.49. The van der Waals surface area contributed by atoms with E-state index >= 15 is 0 Å². The average molecular weight is 312 g/mol. The molecule has 1 aromatic heterocycles. The number of hydrogen-bond donors (Lipinski definition) is 1. The zero-order chi connectivity index (χ0) is 13.1. The third kappa shape index (κ3) is 2.59. The van der Waals surface area contributed by atoms with Crippen LogP contribution in [0.5, 0.6) is 11.6 Å². The lowest BCUT2D eigenvalue weighted by molar-refractivity contribution is 0.451. The third-order valence-electron chi connectivity index (χ3n) is 2.40. The highest BCUT2D eigenvalue weighted by atomic mass is 79.9. The van der Waals surface area contributed by atoms with Crippen LogP contribution in [-0.2, 0) is 6.42 Å². The lowest BCUT2D eigenvalue weighted by atomic mass is 10.2. The van der Waals surface area contributed by atoms with Crippen LogP contribution >= 0.6 is 15.9 Å². The first-order valence-corrected chi connectivity index (χ1v) is 6.13. The maximum absolute atomic E-state index is 13.4. The van der Waals surface area contributed by atoms with Crippen molar-refractivity contribution in [1.82, 2.24) is 9.97 Å². The topological polar surface area (TPSA) is 61.0 Å². The van der Waals surface area contributed by atoms with Crippen LogP contribution in [0.4, 0.5) is 10.2 Å². The fourth-order valence-corrected chi connectivity index (χ4v) is 1.73. The summed E-state index contributed by atoms with van der Waals surface area (Å²) in [7, 11) is 0. The van der Waals surface area contributed by atoms with Crippen LogP contribution in [0, 0.1) is 5.82 Å². The first-order valence-electron chi connectivity index (χ1n) is 5.34. The molecular formula is C12H11BrFN3O. The minimum absolute atomic E-state index is 0.353. The van der Waals surface area contributed by atoms with Crippen LogP contribution < -0.4 is 10.5 Å². The molecule has 2 rings (SSSR count). The largest absolute Gasteiger partial charge is 0.438 e. The minimum Gasteiger partial charge on any atom is -0.438 e. The number of nitrogens with zero attached hydrogens (tertiary/aromatic N) is 2. The quantitative estimate of drug-likeness (QED) is 0.944. The molecule has 2 N–H and O–H groups in total. The van der Waals surface area contributed by atoms with E-state index in [9.17, 15) is 4.39 Å². The number of nitrogen functional groups attached to an aromatic ring is 1. The summed E-state index contributed by atoms with van der Waals surface area (Å²) < 4.78 is 19.3. The van der Waals surface area contributed by atoms with E-state index in [1.54, 1.807) is 12.1 Å². The van der Waals surface area contributed by atoms with Gasteiger partial charge in [0.25, 0.3) is 0 Å². The van der Waals surface area contributed by atoms with E-state index in [0.717, 1.165) is 0 Å². The Hall–Kier alpha value is -1.69. The fourth-order valence-electron chi connectivity index (χ4n) is 1.48. The van der Waals surface area contributed by atoms with Gasteiger partial charge in [-0.2, -0.15) is 0 Å². The molecule has 4 nitrogen and oxygen atoms in total. The molecule has 0 amide bonds. The Kier molecular flexibility index (Phi) is 3.76. The van der Waals surface area contributed by atoms with Gasteiger partial charge >= 0.3 is 0 Å². The maximum Gasteiger partial charge on any atom is 0.227 e. The smallest absolute Gasteiger partial charge is 0.227 e. The summed E-state index contributed by atoms with van der Waals surface area (Å²) >= 11 is 3.08. The highest BCUT2D eigenvalue weighted by molar-refractivity contribution is 9.10. The molecule has 0 aliphatic rings. The van der Waals surface area contributed by atoms with Crippen LogP contribution in [0.1, 0.15) is 12.5 Å². The molecule has 94 valence electrons. The Morgan fingerprint density at radius 2 is 2.17 bits per heavy atom. The Labute approximate surface area is 112 Å². The van der Waals surface area contributed by atoms with Gasteiger partial charge in [0, 0.05) is 6.07 Å². The van der Waals surface area contributed by atoms with Gasteiger partial charge in [0.05, 0.1) is 10.0 Å². The van der Waals surface area contributed by atoms with E-state index in [4.69, 9.17) is 10.5 Å². The van der Waals surface area contributed by atoms with Gasteiger partial charge in [-0.1, -0.05) is 6.92 Å². The zero-order valence-corrected chi connectivity index (χ0v) is 11.2. The summed E-state index contributed by atoms with van der Waals surface area (Å²) in [6.07, 6.45) is 1.96. The highest BCUT2D eigenvalue weighted by Gasteiger charge is 2.10. The molecule has 0 aliphatic carbocycles. The van der Waals surface area contributed by atoms with E-state index in [1.807, 2.05) is 6.92 Å². The zero-order valence-electron chi connectivity index (χ0n) is 9.65. The molecule has 0 saturated carbocycles. The third-order valence-corrected chi connectivity index (χ3v) is 3.04. The molecule has 1 heterocycles. The molecule has 0 unspecified atom stereocenters. The monoisotopic (exact) mass is 311 g/mol. The number of benzene rings is 1. The van der Waals surface area contributed by atoms with Gasteiger partial charge in [-0.05, 0) is 34.5 Å². The molecule has 0 fully saturated rings. The van der Waals surface area contributed by atoms with Crippen LogP contribution in [-0.4, -0.2) is 9.97 Å².